The number of benzene rings is 1. The van der Waals surface area contributed by atoms with E-state index in [-0.39, 0.29) is 24.9 Å². The molecule has 1 aromatic carbocycles. The number of rotatable bonds is 7. The summed E-state index contributed by atoms with van der Waals surface area (Å²) in [6.45, 7) is 1.81. The van der Waals surface area contributed by atoms with Crippen molar-refractivity contribution >= 4 is 24.3 Å². The first-order valence-electron chi connectivity index (χ1n) is 6.69. The lowest BCUT2D eigenvalue weighted by Crippen LogP contribution is -2.46. The molecule has 0 spiro atoms. The highest BCUT2D eigenvalue weighted by Gasteiger charge is 2.29. The van der Waals surface area contributed by atoms with Gasteiger partial charge in [0.05, 0.1) is 25.7 Å². The fraction of sp³-hybridized carbons (Fsp3) is 0.467. The van der Waals surface area contributed by atoms with E-state index in [1.54, 1.807) is 6.92 Å². The first-order chi connectivity index (χ1) is 10.0. The second-order valence-corrected chi connectivity index (χ2v) is 4.77. The molecule has 6 nitrogen and oxygen atoms in total. The minimum atomic E-state index is -0.786. The first-order valence-corrected chi connectivity index (χ1v) is 6.69. The third-order valence-electron chi connectivity index (χ3n) is 3.21. The Balaban J connectivity index is 0.00000441. The second-order valence-electron chi connectivity index (χ2n) is 4.77. The molecule has 1 rings (SSSR count). The Morgan fingerprint density at radius 2 is 1.82 bits per heavy atom. The van der Waals surface area contributed by atoms with Crippen molar-refractivity contribution in [2.24, 2.45) is 11.7 Å². The highest BCUT2D eigenvalue weighted by molar-refractivity contribution is 5.85. The van der Waals surface area contributed by atoms with E-state index in [4.69, 9.17) is 15.2 Å². The van der Waals surface area contributed by atoms with Crippen molar-refractivity contribution in [2.45, 2.75) is 19.0 Å². The number of halogens is 1. The van der Waals surface area contributed by atoms with Gasteiger partial charge >= 0.3 is 5.97 Å². The van der Waals surface area contributed by atoms with Crippen LogP contribution in [0.5, 0.6) is 0 Å². The number of hydrogen-bond acceptors (Lipinski definition) is 5. The molecule has 124 valence electrons. The van der Waals surface area contributed by atoms with Gasteiger partial charge in [0.1, 0.15) is 6.04 Å². The standard InChI is InChI=1S/C15H22N2O4.ClH/c1-10(15(19)21-3)13(11-7-5-4-6-8-11)17-14(18)12(16)9-20-2;/h4-8,10,12-13H,9,16H2,1-3H3,(H,17,18);1H. The number of hydrogen-bond donors (Lipinski definition) is 2. The van der Waals surface area contributed by atoms with Gasteiger partial charge in [-0.1, -0.05) is 30.3 Å². The van der Waals surface area contributed by atoms with E-state index in [0.29, 0.717) is 0 Å². The third-order valence-corrected chi connectivity index (χ3v) is 3.21. The van der Waals surface area contributed by atoms with Crippen LogP contribution in [-0.2, 0) is 19.1 Å². The number of ether oxygens (including phenoxy) is 2. The Morgan fingerprint density at radius 3 is 2.32 bits per heavy atom. The summed E-state index contributed by atoms with van der Waals surface area (Å²) in [5.74, 6) is -1.30. The van der Waals surface area contributed by atoms with Crippen molar-refractivity contribution < 1.29 is 19.1 Å². The molecule has 0 bridgehead atoms. The molecule has 0 fully saturated rings. The molecule has 3 atom stereocenters. The van der Waals surface area contributed by atoms with Crippen molar-refractivity contribution in [1.82, 2.24) is 5.32 Å². The zero-order valence-electron chi connectivity index (χ0n) is 12.9. The molecule has 1 aromatic rings. The van der Waals surface area contributed by atoms with Crippen LogP contribution >= 0.6 is 12.4 Å². The first kappa shape index (κ1) is 20.4. The Kier molecular flexibility index (Phi) is 9.40. The molecule has 0 aliphatic rings. The van der Waals surface area contributed by atoms with Crippen LogP contribution in [0.2, 0.25) is 0 Å². The van der Waals surface area contributed by atoms with Crippen LogP contribution in [0.4, 0.5) is 0 Å². The third kappa shape index (κ3) is 5.63. The average Bonchev–Trinajstić information content (AvgIpc) is 2.51. The maximum Gasteiger partial charge on any atom is 0.310 e. The number of nitrogens with one attached hydrogen (secondary N) is 1. The molecule has 7 heteroatoms. The molecule has 0 saturated heterocycles. The Hall–Kier alpha value is -1.63. The van der Waals surface area contributed by atoms with Gasteiger partial charge in [-0.15, -0.1) is 12.4 Å². The summed E-state index contributed by atoms with van der Waals surface area (Å²) in [4.78, 5) is 23.8. The molecule has 3 N–H and O–H groups in total. The smallest absolute Gasteiger partial charge is 0.310 e. The molecule has 0 saturated carbocycles. The van der Waals surface area contributed by atoms with Crippen molar-refractivity contribution in [1.29, 1.82) is 0 Å². The lowest BCUT2D eigenvalue weighted by Gasteiger charge is -2.25. The van der Waals surface area contributed by atoms with Crippen LogP contribution in [0.1, 0.15) is 18.5 Å². The largest absolute Gasteiger partial charge is 0.469 e. The average molecular weight is 331 g/mol. The van der Waals surface area contributed by atoms with Crippen LogP contribution in [0.3, 0.4) is 0 Å². The molecule has 0 heterocycles. The summed E-state index contributed by atoms with van der Waals surface area (Å²) in [7, 11) is 2.79. The van der Waals surface area contributed by atoms with E-state index in [9.17, 15) is 9.59 Å². The fourth-order valence-corrected chi connectivity index (χ4v) is 1.99. The van der Waals surface area contributed by atoms with Gasteiger partial charge in [0.25, 0.3) is 0 Å². The van der Waals surface area contributed by atoms with Crippen LogP contribution in [0, 0.1) is 5.92 Å². The van der Waals surface area contributed by atoms with Crippen LogP contribution < -0.4 is 11.1 Å². The van der Waals surface area contributed by atoms with Crippen molar-refractivity contribution in [3.05, 3.63) is 35.9 Å². The van der Waals surface area contributed by atoms with Gasteiger partial charge in [-0.05, 0) is 12.5 Å². The van der Waals surface area contributed by atoms with E-state index in [0.717, 1.165) is 5.56 Å². The van der Waals surface area contributed by atoms with Gasteiger partial charge in [0.2, 0.25) is 5.91 Å². The molecule has 22 heavy (non-hydrogen) atoms. The predicted molar refractivity (Wildman–Crippen MR) is 85.6 cm³/mol. The second kappa shape index (κ2) is 10.2. The summed E-state index contributed by atoms with van der Waals surface area (Å²) < 4.78 is 9.62. The van der Waals surface area contributed by atoms with Gasteiger partial charge in [-0.2, -0.15) is 0 Å². The Bertz CT molecular complexity index is 470. The summed E-state index contributed by atoms with van der Waals surface area (Å²) in [6, 6.07) is 7.93. The van der Waals surface area contributed by atoms with Gasteiger partial charge < -0.3 is 20.5 Å². The number of carbonyl (C=O) groups is 2. The summed E-state index contributed by atoms with van der Waals surface area (Å²) in [5, 5.41) is 2.79. The summed E-state index contributed by atoms with van der Waals surface area (Å²) in [6.07, 6.45) is 0. The van der Waals surface area contributed by atoms with E-state index in [1.165, 1.54) is 14.2 Å². The lowest BCUT2D eigenvalue weighted by molar-refractivity contribution is -0.146. The molecule has 1 amide bonds. The predicted octanol–water partition coefficient (Wildman–Crippen LogP) is 1.05. The maximum atomic E-state index is 12.1. The number of amides is 1. The number of esters is 1. The number of carbonyl (C=O) groups excluding carboxylic acids is 2. The van der Waals surface area contributed by atoms with E-state index >= 15 is 0 Å². The maximum absolute atomic E-state index is 12.1. The fourth-order valence-electron chi connectivity index (χ4n) is 1.99. The summed E-state index contributed by atoms with van der Waals surface area (Å²) in [5.41, 5.74) is 6.52. The van der Waals surface area contributed by atoms with E-state index in [2.05, 4.69) is 5.32 Å². The van der Waals surface area contributed by atoms with Crippen LogP contribution in [0.25, 0.3) is 0 Å². The normalized spacial score (nSPS) is 14.2. The van der Waals surface area contributed by atoms with Crippen molar-refractivity contribution in [3.63, 3.8) is 0 Å². The molecule has 0 radical (unpaired) electrons. The zero-order chi connectivity index (χ0) is 15.8. The number of methoxy groups -OCH3 is 2. The minimum absolute atomic E-state index is 0. The number of nitrogens with two attached hydrogens (primary N) is 1. The van der Waals surface area contributed by atoms with Gasteiger partial charge in [0, 0.05) is 7.11 Å². The van der Waals surface area contributed by atoms with Crippen molar-refractivity contribution in [3.8, 4) is 0 Å². The lowest BCUT2D eigenvalue weighted by atomic mass is 9.94. The van der Waals surface area contributed by atoms with Crippen molar-refractivity contribution in [2.75, 3.05) is 20.8 Å². The van der Waals surface area contributed by atoms with Gasteiger partial charge in [0.15, 0.2) is 0 Å². The zero-order valence-corrected chi connectivity index (χ0v) is 13.8. The van der Waals surface area contributed by atoms with Gasteiger partial charge in [-0.3, -0.25) is 9.59 Å². The monoisotopic (exact) mass is 330 g/mol. The van der Waals surface area contributed by atoms with Crippen LogP contribution in [0.15, 0.2) is 30.3 Å². The molecule has 0 aliphatic heterocycles. The van der Waals surface area contributed by atoms with E-state index < -0.39 is 24.0 Å². The summed E-state index contributed by atoms with van der Waals surface area (Å²) >= 11 is 0. The molecule has 3 unspecified atom stereocenters. The molecule has 0 aromatic heterocycles. The quantitative estimate of drug-likeness (QED) is 0.729. The molecular weight excluding hydrogens is 308 g/mol. The molecular formula is C15H23ClN2O4. The van der Waals surface area contributed by atoms with Gasteiger partial charge in [-0.25, -0.2) is 0 Å². The topological polar surface area (TPSA) is 90.6 Å². The Morgan fingerprint density at radius 1 is 1.23 bits per heavy atom. The van der Waals surface area contributed by atoms with E-state index in [1.807, 2.05) is 30.3 Å². The highest BCUT2D eigenvalue weighted by Crippen LogP contribution is 2.23. The highest BCUT2D eigenvalue weighted by atomic mass is 35.5. The SMILES string of the molecule is COCC(N)C(=O)NC(c1ccccc1)C(C)C(=O)OC.Cl. The minimum Gasteiger partial charge on any atom is -0.469 e. The molecule has 0 aliphatic carbocycles. The Labute approximate surface area is 136 Å². The van der Waals surface area contributed by atoms with Crippen LogP contribution in [-0.4, -0.2) is 38.7 Å².